The Balaban J connectivity index is 1.44. The summed E-state index contributed by atoms with van der Waals surface area (Å²) in [7, 11) is 0. The number of aromatic hydroxyl groups is 1. The zero-order valence-corrected chi connectivity index (χ0v) is 18.4. The quantitative estimate of drug-likeness (QED) is 0.325. The van der Waals surface area contributed by atoms with Crippen LogP contribution >= 0.6 is 0 Å². The van der Waals surface area contributed by atoms with E-state index in [9.17, 15) is 5.11 Å². The van der Waals surface area contributed by atoms with Gasteiger partial charge in [0.2, 0.25) is 0 Å². The van der Waals surface area contributed by atoms with Crippen LogP contribution in [0.4, 0.5) is 0 Å². The molecule has 3 heteroatoms. The van der Waals surface area contributed by atoms with E-state index in [4.69, 9.17) is 4.74 Å². The Morgan fingerprint density at radius 2 is 1.53 bits per heavy atom. The molecule has 160 valence electrons. The van der Waals surface area contributed by atoms with Gasteiger partial charge in [0.25, 0.3) is 0 Å². The van der Waals surface area contributed by atoms with E-state index in [2.05, 4.69) is 54.8 Å². The summed E-state index contributed by atoms with van der Waals surface area (Å²) in [6.07, 6.45) is 8.72. The van der Waals surface area contributed by atoms with Crippen molar-refractivity contribution < 1.29 is 9.84 Å². The molecule has 0 aliphatic carbocycles. The molecule has 0 spiro atoms. The summed E-state index contributed by atoms with van der Waals surface area (Å²) in [5, 5.41) is 9.53. The maximum atomic E-state index is 9.53. The fraction of sp³-hybridized carbons (Fsp3) is 0.407. The van der Waals surface area contributed by atoms with Crippen LogP contribution in [0, 0.1) is 6.92 Å². The van der Waals surface area contributed by atoms with Gasteiger partial charge in [-0.3, -0.25) is 0 Å². The van der Waals surface area contributed by atoms with Crippen LogP contribution in [-0.2, 0) is 13.0 Å². The average molecular weight is 406 g/mol. The predicted octanol–water partition coefficient (Wildman–Crippen LogP) is 7.15. The second-order valence-corrected chi connectivity index (χ2v) is 8.07. The van der Waals surface area contributed by atoms with Crippen LogP contribution in [0.2, 0.25) is 0 Å². The van der Waals surface area contributed by atoms with E-state index in [0.717, 1.165) is 30.7 Å². The summed E-state index contributed by atoms with van der Waals surface area (Å²) in [6.45, 7) is 5.99. The summed E-state index contributed by atoms with van der Waals surface area (Å²) < 4.78 is 8.29. The van der Waals surface area contributed by atoms with Gasteiger partial charge < -0.3 is 14.4 Å². The van der Waals surface area contributed by atoms with Gasteiger partial charge in [0.05, 0.1) is 6.61 Å². The van der Waals surface area contributed by atoms with Gasteiger partial charge in [0.1, 0.15) is 11.5 Å². The molecule has 0 aliphatic heterocycles. The summed E-state index contributed by atoms with van der Waals surface area (Å²) in [5.41, 5.74) is 4.93. The molecule has 3 aromatic rings. The van der Waals surface area contributed by atoms with Crippen molar-refractivity contribution in [3.8, 4) is 22.8 Å². The van der Waals surface area contributed by atoms with Crippen LogP contribution in [0.25, 0.3) is 11.3 Å². The molecule has 2 aromatic carbocycles. The molecule has 0 saturated heterocycles. The van der Waals surface area contributed by atoms with Crippen LogP contribution in [0.3, 0.4) is 0 Å². The fourth-order valence-corrected chi connectivity index (χ4v) is 3.85. The van der Waals surface area contributed by atoms with Crippen molar-refractivity contribution in [2.75, 3.05) is 6.61 Å². The van der Waals surface area contributed by atoms with Crippen molar-refractivity contribution in [2.45, 2.75) is 65.3 Å². The lowest BCUT2D eigenvalue weighted by molar-refractivity contribution is 0.301. The van der Waals surface area contributed by atoms with Gasteiger partial charge >= 0.3 is 0 Å². The number of ether oxygens (including phenoxy) is 1. The Labute approximate surface area is 181 Å². The molecule has 1 N–H and O–H groups in total. The Morgan fingerprint density at radius 3 is 2.27 bits per heavy atom. The third kappa shape index (κ3) is 6.41. The highest BCUT2D eigenvalue weighted by Gasteiger charge is 2.07. The lowest BCUT2D eigenvalue weighted by atomic mass is 10.1. The van der Waals surface area contributed by atoms with Gasteiger partial charge in [-0.05, 0) is 85.8 Å². The number of hydrogen-bond donors (Lipinski definition) is 1. The molecule has 0 amide bonds. The molecular formula is C27H35NO2. The largest absolute Gasteiger partial charge is 0.508 e. The summed E-state index contributed by atoms with van der Waals surface area (Å²) in [4.78, 5) is 0. The average Bonchev–Trinajstić information content (AvgIpc) is 3.13. The molecule has 3 nitrogen and oxygen atoms in total. The summed E-state index contributed by atoms with van der Waals surface area (Å²) in [6, 6.07) is 20.3. The monoisotopic (exact) mass is 405 g/mol. The van der Waals surface area contributed by atoms with Crippen LogP contribution in [0.15, 0.2) is 60.7 Å². The van der Waals surface area contributed by atoms with Crippen molar-refractivity contribution in [1.29, 1.82) is 0 Å². The van der Waals surface area contributed by atoms with Crippen LogP contribution in [0.1, 0.15) is 56.7 Å². The third-order valence-corrected chi connectivity index (χ3v) is 5.65. The molecule has 1 aromatic heterocycles. The summed E-state index contributed by atoms with van der Waals surface area (Å²) >= 11 is 0. The zero-order chi connectivity index (χ0) is 21.2. The highest BCUT2D eigenvalue weighted by Crippen LogP contribution is 2.25. The first-order valence-corrected chi connectivity index (χ1v) is 11.3. The smallest absolute Gasteiger partial charge is 0.119 e. The SMILES string of the molecule is CCCCCCCc1ccc(OCCCn2c(C)ccc2-c2ccc(O)cc2)cc1. The van der Waals surface area contributed by atoms with Gasteiger partial charge in [0, 0.05) is 17.9 Å². The topological polar surface area (TPSA) is 34.4 Å². The van der Waals surface area contributed by atoms with E-state index in [1.807, 2.05) is 12.1 Å². The van der Waals surface area contributed by atoms with E-state index in [-0.39, 0.29) is 0 Å². The van der Waals surface area contributed by atoms with Gasteiger partial charge in [-0.15, -0.1) is 0 Å². The molecule has 0 saturated carbocycles. The minimum absolute atomic E-state index is 0.296. The third-order valence-electron chi connectivity index (χ3n) is 5.65. The number of benzene rings is 2. The molecule has 0 bridgehead atoms. The second-order valence-electron chi connectivity index (χ2n) is 8.07. The Kier molecular flexibility index (Phi) is 8.43. The number of hydrogen-bond acceptors (Lipinski definition) is 2. The number of aromatic nitrogens is 1. The Bertz CT molecular complexity index is 878. The first-order chi connectivity index (χ1) is 14.7. The second kappa shape index (κ2) is 11.5. The standard InChI is InChI=1S/C27H35NO2/c1-3-4-5-6-7-9-23-11-17-26(18-12-23)30-21-8-20-28-22(2)10-19-27(28)24-13-15-25(29)16-14-24/h10-19,29H,3-9,20-21H2,1-2H3. The molecule has 0 fully saturated rings. The molecule has 1 heterocycles. The number of phenolic OH excluding ortho intramolecular Hbond substituents is 1. The van der Waals surface area contributed by atoms with Crippen molar-refractivity contribution in [1.82, 2.24) is 4.57 Å². The molecule has 30 heavy (non-hydrogen) atoms. The highest BCUT2D eigenvalue weighted by atomic mass is 16.5. The highest BCUT2D eigenvalue weighted by molar-refractivity contribution is 5.61. The first-order valence-electron chi connectivity index (χ1n) is 11.3. The van der Waals surface area contributed by atoms with Gasteiger partial charge in [0.15, 0.2) is 0 Å². The van der Waals surface area contributed by atoms with Gasteiger partial charge in [-0.1, -0.05) is 44.7 Å². The fourth-order valence-electron chi connectivity index (χ4n) is 3.85. The Hall–Kier alpha value is -2.68. The van der Waals surface area contributed by atoms with E-state index in [1.165, 1.54) is 49.1 Å². The molecule has 0 atom stereocenters. The van der Waals surface area contributed by atoms with Crippen molar-refractivity contribution in [3.63, 3.8) is 0 Å². The normalized spacial score (nSPS) is 11.0. The van der Waals surface area contributed by atoms with E-state index in [0.29, 0.717) is 12.4 Å². The van der Waals surface area contributed by atoms with Crippen LogP contribution in [0.5, 0.6) is 11.5 Å². The molecule has 0 aliphatic rings. The minimum Gasteiger partial charge on any atom is -0.508 e. The lowest BCUT2D eigenvalue weighted by Gasteiger charge is -2.13. The molecule has 0 radical (unpaired) electrons. The zero-order valence-electron chi connectivity index (χ0n) is 18.4. The minimum atomic E-state index is 0.296. The van der Waals surface area contributed by atoms with Crippen molar-refractivity contribution in [2.24, 2.45) is 0 Å². The number of rotatable bonds is 12. The predicted molar refractivity (Wildman–Crippen MR) is 125 cm³/mol. The lowest BCUT2D eigenvalue weighted by Crippen LogP contribution is -2.07. The van der Waals surface area contributed by atoms with Crippen LogP contribution in [-0.4, -0.2) is 16.3 Å². The molecule has 3 rings (SSSR count). The van der Waals surface area contributed by atoms with Crippen molar-refractivity contribution in [3.05, 3.63) is 71.9 Å². The van der Waals surface area contributed by atoms with Gasteiger partial charge in [-0.25, -0.2) is 0 Å². The molecule has 0 unspecified atom stereocenters. The number of unbranched alkanes of at least 4 members (excludes halogenated alkanes) is 4. The number of aryl methyl sites for hydroxylation is 2. The maximum Gasteiger partial charge on any atom is 0.119 e. The van der Waals surface area contributed by atoms with E-state index < -0.39 is 0 Å². The van der Waals surface area contributed by atoms with Crippen molar-refractivity contribution >= 4 is 0 Å². The van der Waals surface area contributed by atoms with Gasteiger partial charge in [-0.2, -0.15) is 0 Å². The van der Waals surface area contributed by atoms with Crippen LogP contribution < -0.4 is 4.74 Å². The maximum absolute atomic E-state index is 9.53. The summed E-state index contributed by atoms with van der Waals surface area (Å²) in [5.74, 6) is 1.25. The molecular weight excluding hydrogens is 370 g/mol. The van der Waals surface area contributed by atoms with E-state index >= 15 is 0 Å². The number of nitrogens with zero attached hydrogens (tertiary/aromatic N) is 1. The Morgan fingerprint density at radius 1 is 0.800 bits per heavy atom. The first kappa shape index (κ1) is 22.0. The number of phenols is 1. The van der Waals surface area contributed by atoms with E-state index in [1.54, 1.807) is 12.1 Å².